The molecule has 3 heteroatoms. The van der Waals surface area contributed by atoms with Crippen LogP contribution in [-0.2, 0) is 0 Å². The minimum absolute atomic E-state index is 0.461. The van der Waals surface area contributed by atoms with Gasteiger partial charge in [-0.3, -0.25) is 0 Å². The Kier molecular flexibility index (Phi) is 2.55. The Labute approximate surface area is 99.9 Å². The second-order valence-corrected chi connectivity index (χ2v) is 7.13. The van der Waals surface area contributed by atoms with E-state index in [-0.39, 0.29) is 0 Å². The zero-order chi connectivity index (χ0) is 10.1. The van der Waals surface area contributed by atoms with Crippen molar-refractivity contribution in [2.24, 2.45) is 0 Å². The van der Waals surface area contributed by atoms with Crippen LogP contribution in [0.15, 0.2) is 50.9 Å². The standard InChI is InChI=1S/C12H8OSe2/c1-3-11(14-5-1)9-7-10(13-8-9)12-4-2-6-15-12/h1-8H. The van der Waals surface area contributed by atoms with Crippen LogP contribution >= 0.6 is 0 Å². The van der Waals surface area contributed by atoms with Crippen LogP contribution in [0.5, 0.6) is 0 Å². The molecule has 0 saturated carbocycles. The van der Waals surface area contributed by atoms with Crippen molar-refractivity contribution in [2.75, 3.05) is 0 Å². The molecule has 0 saturated heterocycles. The van der Waals surface area contributed by atoms with Gasteiger partial charge < -0.3 is 0 Å². The Morgan fingerprint density at radius 2 is 1.67 bits per heavy atom. The average molecular weight is 326 g/mol. The second-order valence-electron chi connectivity index (χ2n) is 3.15. The SMILES string of the molecule is c1c[se]c(-c2coc(-c3ccc[se]3)c2)c1. The normalized spacial score (nSPS) is 10.7. The van der Waals surface area contributed by atoms with Crippen molar-refractivity contribution in [3.63, 3.8) is 0 Å². The van der Waals surface area contributed by atoms with E-state index in [0.29, 0.717) is 29.0 Å². The number of hydrogen-bond acceptors (Lipinski definition) is 1. The van der Waals surface area contributed by atoms with E-state index in [0.717, 1.165) is 5.76 Å². The molecule has 0 radical (unpaired) electrons. The molecule has 3 aromatic heterocycles. The molecule has 3 aromatic rings. The first-order valence-corrected chi connectivity index (χ1v) is 8.29. The average Bonchev–Trinajstić information content (AvgIpc) is 3.02. The fourth-order valence-corrected chi connectivity index (χ4v) is 4.37. The first-order valence-electron chi connectivity index (χ1n) is 4.60. The monoisotopic (exact) mass is 328 g/mol. The molecule has 1 nitrogen and oxygen atoms in total. The van der Waals surface area contributed by atoms with Crippen LogP contribution in [0, 0.1) is 0 Å². The van der Waals surface area contributed by atoms with E-state index >= 15 is 0 Å². The predicted octanol–water partition coefficient (Wildman–Crippen LogP) is 2.73. The van der Waals surface area contributed by atoms with Crippen molar-refractivity contribution < 1.29 is 4.42 Å². The molecule has 0 fully saturated rings. The zero-order valence-electron chi connectivity index (χ0n) is 7.84. The van der Waals surface area contributed by atoms with Crippen molar-refractivity contribution >= 4 is 29.0 Å². The van der Waals surface area contributed by atoms with Gasteiger partial charge in [0, 0.05) is 0 Å². The van der Waals surface area contributed by atoms with Crippen molar-refractivity contribution in [2.45, 2.75) is 0 Å². The molecule has 0 aliphatic heterocycles. The molecule has 0 aromatic carbocycles. The van der Waals surface area contributed by atoms with Gasteiger partial charge in [0.25, 0.3) is 0 Å². The van der Waals surface area contributed by atoms with Crippen LogP contribution in [-0.4, -0.2) is 29.0 Å². The molecule has 15 heavy (non-hydrogen) atoms. The fourth-order valence-electron chi connectivity index (χ4n) is 1.46. The molecule has 0 unspecified atom stereocenters. The zero-order valence-corrected chi connectivity index (χ0v) is 11.3. The van der Waals surface area contributed by atoms with Gasteiger partial charge in [0.05, 0.1) is 0 Å². The van der Waals surface area contributed by atoms with Crippen LogP contribution < -0.4 is 0 Å². The predicted molar refractivity (Wildman–Crippen MR) is 63.5 cm³/mol. The molecule has 0 N–H and O–H groups in total. The van der Waals surface area contributed by atoms with E-state index in [9.17, 15) is 0 Å². The van der Waals surface area contributed by atoms with Crippen LogP contribution in [0.4, 0.5) is 0 Å². The van der Waals surface area contributed by atoms with Gasteiger partial charge in [-0.25, -0.2) is 0 Å². The Morgan fingerprint density at radius 1 is 0.933 bits per heavy atom. The van der Waals surface area contributed by atoms with E-state index in [2.05, 4.69) is 40.2 Å². The van der Waals surface area contributed by atoms with Gasteiger partial charge in [-0.1, -0.05) is 0 Å². The van der Waals surface area contributed by atoms with Crippen LogP contribution in [0.3, 0.4) is 0 Å². The fraction of sp³-hybridized carbons (Fsp3) is 0. The minimum atomic E-state index is 0.461. The molecule has 0 atom stereocenters. The Balaban J connectivity index is 2.02. The van der Waals surface area contributed by atoms with Crippen molar-refractivity contribution in [3.8, 4) is 20.2 Å². The number of hydrogen-bond donors (Lipinski definition) is 0. The van der Waals surface area contributed by atoms with Gasteiger partial charge in [0.1, 0.15) is 0 Å². The van der Waals surface area contributed by atoms with Crippen LogP contribution in [0.25, 0.3) is 20.2 Å². The first kappa shape index (κ1) is 9.50. The van der Waals surface area contributed by atoms with E-state index in [1.54, 1.807) is 0 Å². The molecular weight excluding hydrogens is 318 g/mol. The summed E-state index contributed by atoms with van der Waals surface area (Å²) in [5.41, 5.74) is 1.25. The van der Waals surface area contributed by atoms with Crippen molar-refractivity contribution in [1.29, 1.82) is 0 Å². The number of rotatable bonds is 2. The second kappa shape index (κ2) is 4.03. The molecule has 0 bridgehead atoms. The third-order valence-electron chi connectivity index (χ3n) is 2.17. The molecule has 3 rings (SSSR count). The molecule has 3 heterocycles. The van der Waals surface area contributed by atoms with Crippen LogP contribution in [0.1, 0.15) is 0 Å². The maximum atomic E-state index is 5.61. The van der Waals surface area contributed by atoms with E-state index in [4.69, 9.17) is 4.42 Å². The maximum absolute atomic E-state index is 5.61. The quantitative estimate of drug-likeness (QED) is 0.660. The van der Waals surface area contributed by atoms with E-state index in [1.807, 2.05) is 6.26 Å². The summed E-state index contributed by atoms with van der Waals surface area (Å²) in [6, 6.07) is 10.7. The summed E-state index contributed by atoms with van der Waals surface area (Å²) in [4.78, 5) is 4.44. The summed E-state index contributed by atoms with van der Waals surface area (Å²) in [6.45, 7) is 0. The van der Waals surface area contributed by atoms with Gasteiger partial charge in [-0.2, -0.15) is 0 Å². The topological polar surface area (TPSA) is 13.1 Å². The summed E-state index contributed by atoms with van der Waals surface area (Å²) in [5, 5.41) is 0. The molecule has 0 spiro atoms. The van der Waals surface area contributed by atoms with Gasteiger partial charge in [0.15, 0.2) is 0 Å². The molecule has 74 valence electrons. The summed E-state index contributed by atoms with van der Waals surface area (Å²) >= 11 is 0.956. The van der Waals surface area contributed by atoms with Crippen molar-refractivity contribution in [3.05, 3.63) is 46.5 Å². The van der Waals surface area contributed by atoms with Crippen molar-refractivity contribution in [1.82, 2.24) is 0 Å². The van der Waals surface area contributed by atoms with E-state index in [1.165, 1.54) is 14.4 Å². The first-order chi connectivity index (χ1) is 7.43. The Morgan fingerprint density at radius 3 is 2.33 bits per heavy atom. The third kappa shape index (κ3) is 1.84. The van der Waals surface area contributed by atoms with Gasteiger partial charge in [-0.05, 0) is 0 Å². The van der Waals surface area contributed by atoms with Gasteiger partial charge in [-0.15, -0.1) is 0 Å². The van der Waals surface area contributed by atoms with Gasteiger partial charge in [0.2, 0.25) is 0 Å². The summed E-state index contributed by atoms with van der Waals surface area (Å²) < 4.78 is 8.36. The third-order valence-corrected chi connectivity index (χ3v) is 5.95. The molecular formula is C12H8OSe2. The summed E-state index contributed by atoms with van der Waals surface area (Å²) in [5.74, 6) is 1.04. The Bertz CT molecular complexity index is 483. The Hall–Kier alpha value is -0.721. The molecule has 0 amide bonds. The van der Waals surface area contributed by atoms with Gasteiger partial charge >= 0.3 is 100 Å². The summed E-state index contributed by atoms with van der Waals surface area (Å²) in [6.07, 6.45) is 1.88. The van der Waals surface area contributed by atoms with E-state index < -0.39 is 0 Å². The molecule has 0 aliphatic carbocycles. The summed E-state index contributed by atoms with van der Waals surface area (Å²) in [7, 11) is 0. The van der Waals surface area contributed by atoms with Crippen LogP contribution in [0.2, 0.25) is 0 Å². The number of furan rings is 1. The molecule has 0 aliphatic rings.